The summed E-state index contributed by atoms with van der Waals surface area (Å²) in [6.07, 6.45) is 0. The number of methoxy groups -OCH3 is 1. The fraction of sp³-hybridized carbons (Fsp3) is 0.167. The van der Waals surface area contributed by atoms with E-state index in [1.807, 2.05) is 25.1 Å². The molecule has 0 spiro atoms. The maximum atomic E-state index is 11.4. The van der Waals surface area contributed by atoms with Crippen molar-refractivity contribution in [2.24, 2.45) is 0 Å². The van der Waals surface area contributed by atoms with Crippen molar-refractivity contribution in [1.82, 2.24) is 9.78 Å². The number of carbonyl (C=O) groups excluding carboxylic acids is 1. The van der Waals surface area contributed by atoms with Gasteiger partial charge in [0.2, 0.25) is 0 Å². The number of anilines is 1. The van der Waals surface area contributed by atoms with Crippen LogP contribution in [0.2, 0.25) is 0 Å². The average molecular weight is 310 g/mol. The van der Waals surface area contributed by atoms with Gasteiger partial charge in [-0.1, -0.05) is 15.9 Å². The molecule has 18 heavy (non-hydrogen) atoms. The lowest BCUT2D eigenvalue weighted by molar-refractivity contribution is 0.0593. The quantitative estimate of drug-likeness (QED) is 0.864. The topological polar surface area (TPSA) is 70.1 Å². The second-order valence-electron chi connectivity index (χ2n) is 3.79. The predicted molar refractivity (Wildman–Crippen MR) is 71.8 cm³/mol. The molecule has 5 nitrogen and oxygen atoms in total. The van der Waals surface area contributed by atoms with E-state index in [-0.39, 0.29) is 5.69 Å². The summed E-state index contributed by atoms with van der Waals surface area (Å²) in [5, 5.41) is 4.12. The number of aryl methyl sites for hydroxylation is 1. The number of nitrogens with two attached hydrogens (primary N) is 1. The van der Waals surface area contributed by atoms with Crippen LogP contribution in [0.25, 0.3) is 5.69 Å². The number of aromatic nitrogens is 2. The van der Waals surface area contributed by atoms with Gasteiger partial charge in [-0.05, 0) is 30.7 Å². The molecule has 2 aromatic rings. The van der Waals surface area contributed by atoms with Gasteiger partial charge in [-0.25, -0.2) is 9.48 Å². The maximum absolute atomic E-state index is 11.4. The van der Waals surface area contributed by atoms with E-state index in [2.05, 4.69) is 25.8 Å². The van der Waals surface area contributed by atoms with E-state index in [1.54, 1.807) is 0 Å². The summed E-state index contributed by atoms with van der Waals surface area (Å²) in [6, 6.07) is 7.18. The van der Waals surface area contributed by atoms with Gasteiger partial charge in [0.15, 0.2) is 5.69 Å². The number of esters is 1. The highest BCUT2D eigenvalue weighted by molar-refractivity contribution is 9.10. The smallest absolute Gasteiger partial charge is 0.358 e. The summed E-state index contributed by atoms with van der Waals surface area (Å²) in [4.78, 5) is 11.4. The predicted octanol–water partition coefficient (Wildman–Crippen LogP) is 2.31. The van der Waals surface area contributed by atoms with Gasteiger partial charge in [-0.2, -0.15) is 5.10 Å². The molecule has 0 aliphatic carbocycles. The molecule has 0 aliphatic heterocycles. The van der Waals surface area contributed by atoms with Crippen molar-refractivity contribution in [3.8, 4) is 5.69 Å². The van der Waals surface area contributed by atoms with Gasteiger partial charge in [0.25, 0.3) is 0 Å². The Morgan fingerprint density at radius 3 is 2.78 bits per heavy atom. The van der Waals surface area contributed by atoms with E-state index < -0.39 is 5.97 Å². The van der Waals surface area contributed by atoms with Crippen LogP contribution in [0.1, 0.15) is 16.1 Å². The third kappa shape index (κ3) is 2.24. The summed E-state index contributed by atoms with van der Waals surface area (Å²) < 4.78 is 7.12. The Morgan fingerprint density at radius 2 is 2.17 bits per heavy atom. The van der Waals surface area contributed by atoms with Crippen LogP contribution >= 0.6 is 15.9 Å². The molecule has 1 heterocycles. The third-order valence-corrected chi connectivity index (χ3v) is 3.41. The van der Waals surface area contributed by atoms with E-state index in [0.717, 1.165) is 15.7 Å². The molecule has 2 rings (SSSR count). The van der Waals surface area contributed by atoms with Crippen molar-refractivity contribution in [3.63, 3.8) is 0 Å². The minimum atomic E-state index is -0.505. The molecule has 6 heteroatoms. The first-order valence-electron chi connectivity index (χ1n) is 5.23. The standard InChI is InChI=1S/C12H12BrN3O2/c1-7-5-8(3-4-9(7)13)16-11(14)6-10(15-16)12(17)18-2/h3-6H,14H2,1-2H3. The van der Waals surface area contributed by atoms with Gasteiger partial charge in [0, 0.05) is 10.5 Å². The highest BCUT2D eigenvalue weighted by Gasteiger charge is 2.14. The summed E-state index contributed by atoms with van der Waals surface area (Å²) in [6.45, 7) is 1.97. The van der Waals surface area contributed by atoms with Crippen LogP contribution in [0.3, 0.4) is 0 Å². The molecule has 0 atom stereocenters. The second-order valence-corrected chi connectivity index (χ2v) is 4.65. The van der Waals surface area contributed by atoms with Crippen molar-refractivity contribution in [1.29, 1.82) is 0 Å². The minimum absolute atomic E-state index is 0.190. The van der Waals surface area contributed by atoms with Crippen LogP contribution in [0.5, 0.6) is 0 Å². The fourth-order valence-corrected chi connectivity index (χ4v) is 1.81. The molecule has 2 N–H and O–H groups in total. The zero-order valence-corrected chi connectivity index (χ0v) is 11.6. The molecule has 0 saturated carbocycles. The van der Waals surface area contributed by atoms with E-state index in [0.29, 0.717) is 5.82 Å². The molecular weight excluding hydrogens is 298 g/mol. The van der Waals surface area contributed by atoms with Crippen molar-refractivity contribution in [2.45, 2.75) is 6.92 Å². The zero-order chi connectivity index (χ0) is 13.3. The van der Waals surface area contributed by atoms with Crippen molar-refractivity contribution >= 4 is 27.7 Å². The number of rotatable bonds is 2. The Balaban J connectivity index is 2.47. The summed E-state index contributed by atoms with van der Waals surface area (Å²) in [7, 11) is 1.31. The average Bonchev–Trinajstić information content (AvgIpc) is 2.74. The van der Waals surface area contributed by atoms with Crippen LogP contribution in [0.4, 0.5) is 5.82 Å². The van der Waals surface area contributed by atoms with Gasteiger partial charge in [-0.15, -0.1) is 0 Å². The molecule has 0 bridgehead atoms. The van der Waals surface area contributed by atoms with Crippen molar-refractivity contribution in [2.75, 3.05) is 12.8 Å². The first-order valence-corrected chi connectivity index (χ1v) is 6.02. The number of ether oxygens (including phenoxy) is 1. The summed E-state index contributed by atoms with van der Waals surface area (Å²) >= 11 is 3.43. The lowest BCUT2D eigenvalue weighted by Crippen LogP contribution is -2.05. The molecule has 0 amide bonds. The number of nitrogens with zero attached hydrogens (tertiary/aromatic N) is 2. The maximum Gasteiger partial charge on any atom is 0.358 e. The zero-order valence-electron chi connectivity index (χ0n) is 9.98. The Morgan fingerprint density at radius 1 is 1.44 bits per heavy atom. The molecule has 0 saturated heterocycles. The van der Waals surface area contributed by atoms with E-state index in [9.17, 15) is 4.79 Å². The number of benzene rings is 1. The van der Waals surface area contributed by atoms with Crippen LogP contribution in [-0.4, -0.2) is 22.9 Å². The highest BCUT2D eigenvalue weighted by atomic mass is 79.9. The number of hydrogen-bond donors (Lipinski definition) is 1. The molecule has 0 radical (unpaired) electrons. The van der Waals surface area contributed by atoms with Crippen LogP contribution in [0, 0.1) is 6.92 Å². The minimum Gasteiger partial charge on any atom is -0.464 e. The van der Waals surface area contributed by atoms with Crippen LogP contribution in [-0.2, 0) is 4.74 Å². The monoisotopic (exact) mass is 309 g/mol. The molecule has 94 valence electrons. The molecule has 0 aliphatic rings. The van der Waals surface area contributed by atoms with Crippen LogP contribution in [0.15, 0.2) is 28.7 Å². The largest absolute Gasteiger partial charge is 0.464 e. The van der Waals surface area contributed by atoms with Gasteiger partial charge < -0.3 is 10.5 Å². The molecule has 0 unspecified atom stereocenters. The first kappa shape index (κ1) is 12.6. The van der Waals surface area contributed by atoms with Crippen molar-refractivity contribution < 1.29 is 9.53 Å². The van der Waals surface area contributed by atoms with Crippen molar-refractivity contribution in [3.05, 3.63) is 40.0 Å². The SMILES string of the molecule is COC(=O)c1cc(N)n(-c2ccc(Br)c(C)c2)n1. The lowest BCUT2D eigenvalue weighted by Gasteiger charge is -2.06. The Labute approximate surface area is 113 Å². The summed E-state index contributed by atoms with van der Waals surface area (Å²) in [5.74, 6) is -0.119. The fourth-order valence-electron chi connectivity index (χ4n) is 1.57. The molecular formula is C12H12BrN3O2. The summed E-state index contributed by atoms with van der Waals surface area (Å²) in [5.41, 5.74) is 7.88. The Hall–Kier alpha value is -1.82. The molecule has 1 aromatic heterocycles. The van der Waals surface area contributed by atoms with E-state index in [4.69, 9.17) is 5.73 Å². The number of hydrogen-bond acceptors (Lipinski definition) is 4. The Kier molecular flexibility index (Phi) is 3.38. The second kappa shape index (κ2) is 4.81. The first-order chi connectivity index (χ1) is 8.52. The molecule has 0 fully saturated rings. The number of carbonyl (C=O) groups is 1. The van der Waals surface area contributed by atoms with E-state index in [1.165, 1.54) is 17.9 Å². The Bertz CT molecular complexity index is 607. The lowest BCUT2D eigenvalue weighted by atomic mass is 10.2. The van der Waals surface area contributed by atoms with Gasteiger partial charge in [-0.3, -0.25) is 0 Å². The normalized spacial score (nSPS) is 10.4. The molecule has 1 aromatic carbocycles. The van der Waals surface area contributed by atoms with Gasteiger partial charge >= 0.3 is 5.97 Å². The highest BCUT2D eigenvalue weighted by Crippen LogP contribution is 2.21. The van der Waals surface area contributed by atoms with Gasteiger partial charge in [0.05, 0.1) is 12.8 Å². The third-order valence-electron chi connectivity index (χ3n) is 2.52. The number of halogens is 1. The van der Waals surface area contributed by atoms with Gasteiger partial charge in [0.1, 0.15) is 5.82 Å². The number of nitrogen functional groups attached to an aromatic ring is 1. The van der Waals surface area contributed by atoms with E-state index >= 15 is 0 Å². The van der Waals surface area contributed by atoms with Crippen LogP contribution < -0.4 is 5.73 Å².